The van der Waals surface area contributed by atoms with E-state index in [1.807, 2.05) is 26.8 Å². The average molecular weight is 528 g/mol. The molecule has 3 aromatic rings. The molecule has 1 aromatic carbocycles. The van der Waals surface area contributed by atoms with Crippen LogP contribution < -0.4 is 15.9 Å². The van der Waals surface area contributed by atoms with Crippen LogP contribution in [0.3, 0.4) is 0 Å². The number of hydrogen-bond donors (Lipinski definition) is 5. The van der Waals surface area contributed by atoms with Gasteiger partial charge in [0.15, 0.2) is 16.6 Å². The minimum atomic E-state index is -4.65. The van der Waals surface area contributed by atoms with Crippen molar-refractivity contribution in [3.63, 3.8) is 0 Å². The molecule has 1 amide bonds. The molecule has 0 spiro atoms. The number of rotatable bonds is 11. The molecule has 0 fully saturated rings. The first-order valence-corrected chi connectivity index (χ1v) is 13.6. The number of H-pyrrole nitrogens is 1. The molecular formula is C20H26N5O6PS2. The van der Waals surface area contributed by atoms with Crippen LogP contribution >= 0.6 is 30.9 Å². The maximum atomic E-state index is 12.0. The lowest BCUT2D eigenvalue weighted by Crippen LogP contribution is -2.27. The lowest BCUT2D eigenvalue weighted by atomic mass is 10.0. The first-order valence-electron chi connectivity index (χ1n) is 10.3. The van der Waals surface area contributed by atoms with Gasteiger partial charge in [-0.3, -0.25) is 19.1 Å². The van der Waals surface area contributed by atoms with Gasteiger partial charge in [0.2, 0.25) is 5.91 Å². The van der Waals surface area contributed by atoms with Gasteiger partial charge in [0.05, 0.1) is 12.6 Å². The first kappa shape index (κ1) is 26.3. The molecule has 14 heteroatoms. The summed E-state index contributed by atoms with van der Waals surface area (Å²) in [6.45, 7) is 5.63. The smallest absolute Gasteiger partial charge is 0.366 e. The molecule has 2 atom stereocenters. The molecule has 0 aliphatic carbocycles. The summed E-state index contributed by atoms with van der Waals surface area (Å²) in [5.74, 6) is 0.0493. The number of nitrogens with two attached hydrogens (primary N) is 1. The molecule has 2 heterocycles. The van der Waals surface area contributed by atoms with E-state index in [0.29, 0.717) is 33.3 Å². The Balaban J connectivity index is 1.91. The fraction of sp³-hybridized carbons (Fsp3) is 0.400. The van der Waals surface area contributed by atoms with E-state index in [1.165, 1.54) is 11.8 Å². The van der Waals surface area contributed by atoms with E-state index < -0.39 is 19.8 Å². The summed E-state index contributed by atoms with van der Waals surface area (Å²) in [6.07, 6.45) is 0.545. The van der Waals surface area contributed by atoms with Gasteiger partial charge in [0.1, 0.15) is 4.70 Å². The lowest BCUT2D eigenvalue weighted by Gasteiger charge is -2.22. The average Bonchev–Trinajstić information content (AvgIpc) is 3.11. The van der Waals surface area contributed by atoms with Crippen LogP contribution in [0.2, 0.25) is 0 Å². The van der Waals surface area contributed by atoms with Crippen molar-refractivity contribution >= 4 is 53.0 Å². The number of aromatic nitrogens is 3. The number of amides is 1. The highest BCUT2D eigenvalue weighted by atomic mass is 32.2. The monoisotopic (exact) mass is 527 g/mol. The van der Waals surface area contributed by atoms with Crippen LogP contribution in [0.5, 0.6) is 0 Å². The van der Waals surface area contributed by atoms with Crippen molar-refractivity contribution in [2.75, 3.05) is 11.9 Å². The number of anilines is 1. The van der Waals surface area contributed by atoms with E-state index in [2.05, 4.69) is 20.3 Å². The molecule has 0 radical (unpaired) electrons. The Morgan fingerprint density at radius 1 is 1.32 bits per heavy atom. The lowest BCUT2D eigenvalue weighted by molar-refractivity contribution is 0.1000. The van der Waals surface area contributed by atoms with Crippen LogP contribution in [0.25, 0.3) is 10.3 Å². The summed E-state index contributed by atoms with van der Waals surface area (Å²) >= 11 is 2.27. The highest BCUT2D eigenvalue weighted by Crippen LogP contribution is 2.37. The molecule has 0 saturated carbocycles. The Labute approximate surface area is 203 Å². The Morgan fingerprint density at radius 3 is 2.71 bits per heavy atom. The molecule has 0 bridgehead atoms. The normalized spacial score (nSPS) is 13.8. The van der Waals surface area contributed by atoms with Gasteiger partial charge < -0.3 is 20.8 Å². The summed E-state index contributed by atoms with van der Waals surface area (Å²) in [5.41, 5.74) is 6.98. The number of aromatic amines is 1. The standard InChI is InChI=1S/C20H26N5O6PS2/c1-10(2)7-14(9-31-32(28,29)30)22-17-15-18(25-20(27)34-15)24-19(23-17)33-11(3)12-5-4-6-13(8-12)16(21)26/h4-6,8,10-11,14H,7,9H2,1-3H3,(H2,21,26)(H2,28,29,30)(H2,22,23,24,25,27)/t11?,14-/m1/s1. The maximum Gasteiger partial charge on any atom is 0.469 e. The van der Waals surface area contributed by atoms with Gasteiger partial charge in [-0.2, -0.15) is 0 Å². The molecular weight excluding hydrogens is 501 g/mol. The molecule has 2 aromatic heterocycles. The minimum absolute atomic E-state index is 0.139. The van der Waals surface area contributed by atoms with Crippen molar-refractivity contribution < 1.29 is 23.7 Å². The number of thiazole rings is 1. The van der Waals surface area contributed by atoms with Crippen molar-refractivity contribution in [3.8, 4) is 0 Å². The van der Waals surface area contributed by atoms with Crippen LogP contribution in [-0.2, 0) is 9.09 Å². The zero-order chi connectivity index (χ0) is 25.0. The molecule has 6 N–H and O–H groups in total. The number of carbonyl (C=O) groups is 1. The second-order valence-electron chi connectivity index (χ2n) is 8.05. The fourth-order valence-corrected chi connectivity index (χ4v) is 5.25. The van der Waals surface area contributed by atoms with Crippen molar-refractivity contribution in [1.29, 1.82) is 0 Å². The molecule has 1 unspecified atom stereocenters. The highest BCUT2D eigenvalue weighted by molar-refractivity contribution is 7.99. The zero-order valence-electron chi connectivity index (χ0n) is 18.7. The molecule has 0 saturated heterocycles. The maximum absolute atomic E-state index is 12.0. The van der Waals surface area contributed by atoms with Crippen molar-refractivity contribution in [3.05, 3.63) is 45.1 Å². The number of carbonyl (C=O) groups excluding carboxylic acids is 1. The van der Waals surface area contributed by atoms with Crippen molar-refractivity contribution in [2.24, 2.45) is 11.7 Å². The number of phosphoric ester groups is 1. The zero-order valence-corrected chi connectivity index (χ0v) is 21.2. The summed E-state index contributed by atoms with van der Waals surface area (Å²) in [7, 11) is -4.65. The Bertz CT molecular complexity index is 1270. The Hall–Kier alpha value is -2.28. The second kappa shape index (κ2) is 11.0. The quantitative estimate of drug-likeness (QED) is 0.141. The number of phosphoric acid groups is 1. The third-order valence-electron chi connectivity index (χ3n) is 4.72. The first-order chi connectivity index (χ1) is 15.9. The third-order valence-corrected chi connectivity index (χ3v) is 7.11. The summed E-state index contributed by atoms with van der Waals surface area (Å²) in [4.78, 5) is 53.2. The predicted octanol–water partition coefficient (Wildman–Crippen LogP) is 3.27. The van der Waals surface area contributed by atoms with E-state index in [0.717, 1.165) is 16.9 Å². The van der Waals surface area contributed by atoms with Gasteiger partial charge >= 0.3 is 12.7 Å². The van der Waals surface area contributed by atoms with Gasteiger partial charge in [0.25, 0.3) is 0 Å². The van der Waals surface area contributed by atoms with E-state index in [4.69, 9.17) is 20.0 Å². The fourth-order valence-electron chi connectivity index (χ4n) is 3.27. The topological polar surface area (TPSA) is 181 Å². The highest BCUT2D eigenvalue weighted by Gasteiger charge is 2.22. The predicted molar refractivity (Wildman–Crippen MR) is 132 cm³/mol. The van der Waals surface area contributed by atoms with Crippen molar-refractivity contribution in [1.82, 2.24) is 15.0 Å². The molecule has 34 heavy (non-hydrogen) atoms. The number of thioether (sulfide) groups is 1. The minimum Gasteiger partial charge on any atom is -0.366 e. The number of benzene rings is 1. The number of nitrogens with one attached hydrogen (secondary N) is 2. The van der Waals surface area contributed by atoms with E-state index in [-0.39, 0.29) is 22.6 Å². The number of primary amides is 1. The molecule has 3 rings (SSSR count). The summed E-state index contributed by atoms with van der Waals surface area (Å²) in [6, 6.07) is 6.50. The van der Waals surface area contributed by atoms with Crippen LogP contribution in [-0.4, -0.2) is 43.3 Å². The van der Waals surface area contributed by atoms with Crippen LogP contribution in [0, 0.1) is 5.92 Å². The molecule has 0 aliphatic rings. The van der Waals surface area contributed by atoms with Crippen LogP contribution in [0.4, 0.5) is 5.82 Å². The molecule has 0 aliphatic heterocycles. The van der Waals surface area contributed by atoms with Crippen LogP contribution in [0.15, 0.2) is 34.2 Å². The number of hydrogen-bond acceptors (Lipinski definition) is 9. The van der Waals surface area contributed by atoms with E-state index in [9.17, 15) is 14.2 Å². The van der Waals surface area contributed by atoms with E-state index in [1.54, 1.807) is 18.2 Å². The van der Waals surface area contributed by atoms with Gasteiger partial charge in [0, 0.05) is 10.8 Å². The Kier molecular flexibility index (Phi) is 8.50. The van der Waals surface area contributed by atoms with Gasteiger partial charge in [-0.15, -0.1) is 0 Å². The molecule has 184 valence electrons. The number of fused-ring (bicyclic) bond motifs is 1. The number of nitrogens with zero attached hydrogens (tertiary/aromatic N) is 2. The second-order valence-corrected chi connectivity index (χ2v) is 11.6. The van der Waals surface area contributed by atoms with Gasteiger partial charge in [-0.25, -0.2) is 14.5 Å². The van der Waals surface area contributed by atoms with Crippen LogP contribution in [0.1, 0.15) is 48.4 Å². The van der Waals surface area contributed by atoms with E-state index >= 15 is 0 Å². The summed E-state index contributed by atoms with van der Waals surface area (Å²) in [5, 5.41) is 3.41. The summed E-state index contributed by atoms with van der Waals surface area (Å²) < 4.78 is 16.4. The Morgan fingerprint density at radius 2 is 2.06 bits per heavy atom. The van der Waals surface area contributed by atoms with Gasteiger partial charge in [-0.05, 0) is 37.0 Å². The van der Waals surface area contributed by atoms with Crippen molar-refractivity contribution in [2.45, 2.75) is 43.6 Å². The van der Waals surface area contributed by atoms with Gasteiger partial charge in [-0.1, -0.05) is 49.1 Å². The SMILES string of the molecule is CC(C)C[C@H](COP(=O)(O)O)Nc1nc(SC(C)c2cccc(C(N)=O)c2)nc2[nH]c(=O)sc12. The molecule has 11 nitrogen and oxygen atoms in total. The third kappa shape index (κ3) is 7.36. The largest absolute Gasteiger partial charge is 0.469 e.